The van der Waals surface area contributed by atoms with E-state index >= 15 is 0 Å². The van der Waals surface area contributed by atoms with Crippen LogP contribution in [0.2, 0.25) is 0 Å². The Balaban J connectivity index is 1.46. The molecule has 2 aromatic carbocycles. The van der Waals surface area contributed by atoms with E-state index in [4.69, 9.17) is 9.47 Å². The molecule has 1 heterocycles. The maximum absolute atomic E-state index is 12.2. The SMILES string of the molecule is Cc1ccc(OCC(=O)OCC(=O)N2CCc3ccccc32)cc1. The molecular formula is C19H19NO4. The van der Waals surface area contributed by atoms with Crippen LogP contribution in [0.4, 0.5) is 5.69 Å². The predicted octanol–water partition coefficient (Wildman–Crippen LogP) is 2.51. The van der Waals surface area contributed by atoms with Gasteiger partial charge in [-0.1, -0.05) is 35.9 Å². The highest BCUT2D eigenvalue weighted by molar-refractivity contribution is 5.97. The quantitative estimate of drug-likeness (QED) is 0.793. The van der Waals surface area contributed by atoms with Crippen LogP contribution in [0.15, 0.2) is 48.5 Å². The van der Waals surface area contributed by atoms with E-state index in [1.165, 1.54) is 0 Å². The van der Waals surface area contributed by atoms with Crippen LogP contribution in [-0.4, -0.2) is 31.6 Å². The first-order valence-electron chi connectivity index (χ1n) is 7.87. The number of hydrogen-bond acceptors (Lipinski definition) is 4. The Hall–Kier alpha value is -2.82. The molecule has 0 unspecified atom stereocenters. The molecule has 2 aromatic rings. The Morgan fingerprint density at radius 1 is 1.04 bits per heavy atom. The highest BCUT2D eigenvalue weighted by Gasteiger charge is 2.24. The number of aryl methyl sites for hydroxylation is 1. The Bertz CT molecular complexity index is 739. The number of carbonyl (C=O) groups excluding carboxylic acids is 2. The van der Waals surface area contributed by atoms with E-state index in [0.29, 0.717) is 12.3 Å². The molecule has 0 atom stereocenters. The number of fused-ring (bicyclic) bond motifs is 1. The largest absolute Gasteiger partial charge is 0.482 e. The summed E-state index contributed by atoms with van der Waals surface area (Å²) in [5.41, 5.74) is 3.15. The number of hydrogen-bond donors (Lipinski definition) is 0. The molecule has 124 valence electrons. The van der Waals surface area contributed by atoms with E-state index < -0.39 is 5.97 Å². The number of anilines is 1. The summed E-state index contributed by atoms with van der Waals surface area (Å²) in [5, 5.41) is 0. The molecule has 3 rings (SSSR count). The van der Waals surface area contributed by atoms with Gasteiger partial charge in [0.05, 0.1) is 0 Å². The molecule has 0 N–H and O–H groups in total. The van der Waals surface area contributed by atoms with Crippen molar-refractivity contribution in [1.82, 2.24) is 0 Å². The number of ether oxygens (including phenoxy) is 2. The van der Waals surface area contributed by atoms with Gasteiger partial charge >= 0.3 is 5.97 Å². The lowest BCUT2D eigenvalue weighted by Gasteiger charge is -2.17. The van der Waals surface area contributed by atoms with Crippen LogP contribution in [0.25, 0.3) is 0 Å². The van der Waals surface area contributed by atoms with Crippen molar-refractivity contribution in [2.45, 2.75) is 13.3 Å². The van der Waals surface area contributed by atoms with Crippen LogP contribution in [-0.2, 0) is 20.7 Å². The summed E-state index contributed by atoms with van der Waals surface area (Å²) in [6.07, 6.45) is 0.826. The van der Waals surface area contributed by atoms with Gasteiger partial charge in [-0.15, -0.1) is 0 Å². The predicted molar refractivity (Wildman–Crippen MR) is 90.1 cm³/mol. The van der Waals surface area contributed by atoms with Crippen LogP contribution in [0, 0.1) is 6.92 Å². The maximum atomic E-state index is 12.2. The lowest BCUT2D eigenvalue weighted by atomic mass is 10.2. The van der Waals surface area contributed by atoms with Gasteiger partial charge in [0.25, 0.3) is 5.91 Å². The average molecular weight is 325 g/mol. The van der Waals surface area contributed by atoms with Gasteiger partial charge in [-0.2, -0.15) is 0 Å². The van der Waals surface area contributed by atoms with Gasteiger partial charge in [0.1, 0.15) is 5.75 Å². The van der Waals surface area contributed by atoms with Crippen molar-refractivity contribution < 1.29 is 19.1 Å². The van der Waals surface area contributed by atoms with Gasteiger partial charge in [-0.25, -0.2) is 4.79 Å². The number of nitrogens with zero attached hydrogens (tertiary/aromatic N) is 1. The second-order valence-corrected chi connectivity index (χ2v) is 5.69. The topological polar surface area (TPSA) is 55.8 Å². The van der Waals surface area contributed by atoms with Crippen LogP contribution in [0.3, 0.4) is 0 Å². The standard InChI is InChI=1S/C19H19NO4/c1-14-6-8-16(9-7-14)23-13-19(22)24-12-18(21)20-11-10-15-4-2-3-5-17(15)20/h2-9H,10-13H2,1H3. The summed E-state index contributed by atoms with van der Waals surface area (Å²) in [6.45, 7) is 2.10. The number of amides is 1. The minimum Gasteiger partial charge on any atom is -0.482 e. The van der Waals surface area contributed by atoms with Crippen molar-refractivity contribution in [2.75, 3.05) is 24.7 Å². The molecule has 0 aliphatic carbocycles. The van der Waals surface area contributed by atoms with Crippen LogP contribution in [0.5, 0.6) is 5.75 Å². The van der Waals surface area contributed by atoms with E-state index in [0.717, 1.165) is 23.2 Å². The zero-order valence-corrected chi connectivity index (χ0v) is 13.5. The molecule has 0 radical (unpaired) electrons. The number of esters is 1. The maximum Gasteiger partial charge on any atom is 0.344 e. The van der Waals surface area contributed by atoms with E-state index in [9.17, 15) is 9.59 Å². The first-order valence-corrected chi connectivity index (χ1v) is 7.87. The summed E-state index contributed by atoms with van der Waals surface area (Å²) < 4.78 is 10.4. The zero-order chi connectivity index (χ0) is 16.9. The monoisotopic (exact) mass is 325 g/mol. The summed E-state index contributed by atoms with van der Waals surface area (Å²) in [7, 11) is 0. The highest BCUT2D eigenvalue weighted by atomic mass is 16.6. The summed E-state index contributed by atoms with van der Waals surface area (Å²) in [5.74, 6) is -0.183. The number of carbonyl (C=O) groups is 2. The Kier molecular flexibility index (Phi) is 4.79. The Morgan fingerprint density at radius 2 is 1.79 bits per heavy atom. The second-order valence-electron chi connectivity index (χ2n) is 5.69. The van der Waals surface area contributed by atoms with Crippen molar-refractivity contribution >= 4 is 17.6 Å². The molecule has 0 bridgehead atoms. The van der Waals surface area contributed by atoms with Gasteiger partial charge in [0.15, 0.2) is 13.2 Å². The van der Waals surface area contributed by atoms with Crippen molar-refractivity contribution in [3.63, 3.8) is 0 Å². The van der Waals surface area contributed by atoms with E-state index in [1.54, 1.807) is 17.0 Å². The fourth-order valence-corrected chi connectivity index (χ4v) is 2.64. The fraction of sp³-hybridized carbons (Fsp3) is 0.263. The fourth-order valence-electron chi connectivity index (χ4n) is 2.64. The van der Waals surface area contributed by atoms with Crippen molar-refractivity contribution in [3.05, 3.63) is 59.7 Å². The normalized spacial score (nSPS) is 12.6. The molecule has 5 heteroatoms. The molecule has 1 aliphatic heterocycles. The first kappa shape index (κ1) is 16.1. The van der Waals surface area contributed by atoms with Gasteiger partial charge in [-0.05, 0) is 37.1 Å². The van der Waals surface area contributed by atoms with Gasteiger partial charge in [0.2, 0.25) is 0 Å². The summed E-state index contributed by atoms with van der Waals surface area (Å²) in [4.78, 5) is 25.6. The molecule has 0 saturated carbocycles. The molecule has 1 aliphatic rings. The van der Waals surface area contributed by atoms with E-state index in [-0.39, 0.29) is 19.1 Å². The summed E-state index contributed by atoms with van der Waals surface area (Å²) in [6, 6.07) is 15.1. The molecule has 0 fully saturated rings. The Morgan fingerprint density at radius 3 is 2.58 bits per heavy atom. The van der Waals surface area contributed by atoms with Crippen molar-refractivity contribution in [2.24, 2.45) is 0 Å². The van der Waals surface area contributed by atoms with Gasteiger partial charge < -0.3 is 14.4 Å². The van der Waals surface area contributed by atoms with Crippen molar-refractivity contribution in [3.8, 4) is 5.75 Å². The number of rotatable bonds is 5. The van der Waals surface area contributed by atoms with E-state index in [1.807, 2.05) is 43.3 Å². The Labute approximate surface area is 140 Å². The minimum atomic E-state index is -0.559. The molecule has 0 saturated heterocycles. The highest BCUT2D eigenvalue weighted by Crippen LogP contribution is 2.27. The number of benzene rings is 2. The molecule has 5 nitrogen and oxygen atoms in total. The lowest BCUT2D eigenvalue weighted by molar-refractivity contribution is -0.149. The molecule has 24 heavy (non-hydrogen) atoms. The zero-order valence-electron chi connectivity index (χ0n) is 13.5. The van der Waals surface area contributed by atoms with Crippen LogP contribution < -0.4 is 9.64 Å². The molecule has 1 amide bonds. The number of para-hydroxylation sites is 1. The molecular weight excluding hydrogens is 306 g/mol. The van der Waals surface area contributed by atoms with Gasteiger partial charge in [-0.3, -0.25) is 4.79 Å². The molecule has 0 aromatic heterocycles. The van der Waals surface area contributed by atoms with Crippen LogP contribution in [0.1, 0.15) is 11.1 Å². The third kappa shape index (κ3) is 3.74. The molecule has 0 spiro atoms. The van der Waals surface area contributed by atoms with Crippen molar-refractivity contribution in [1.29, 1.82) is 0 Å². The third-order valence-electron chi connectivity index (χ3n) is 3.92. The minimum absolute atomic E-state index is 0.215. The third-order valence-corrected chi connectivity index (χ3v) is 3.92. The van der Waals surface area contributed by atoms with E-state index in [2.05, 4.69) is 0 Å². The lowest BCUT2D eigenvalue weighted by Crippen LogP contribution is -2.33. The average Bonchev–Trinajstić information content (AvgIpc) is 3.03. The smallest absolute Gasteiger partial charge is 0.344 e. The van der Waals surface area contributed by atoms with Gasteiger partial charge in [0, 0.05) is 12.2 Å². The van der Waals surface area contributed by atoms with Crippen LogP contribution >= 0.6 is 0 Å². The second kappa shape index (κ2) is 7.17. The first-order chi connectivity index (χ1) is 11.6. The summed E-state index contributed by atoms with van der Waals surface area (Å²) >= 11 is 0.